The molecule has 0 aliphatic rings. The van der Waals surface area contributed by atoms with E-state index in [2.05, 4.69) is 15.3 Å². The highest BCUT2D eigenvalue weighted by Gasteiger charge is 2.14. The van der Waals surface area contributed by atoms with Crippen LogP contribution in [-0.2, 0) is 15.5 Å². The van der Waals surface area contributed by atoms with Crippen LogP contribution in [0.2, 0.25) is 0 Å². The normalized spacial score (nSPS) is 13.0. The molecule has 1 aromatic carbocycles. The van der Waals surface area contributed by atoms with E-state index >= 15 is 0 Å². The van der Waals surface area contributed by atoms with Crippen molar-refractivity contribution in [3.63, 3.8) is 0 Å². The van der Waals surface area contributed by atoms with Crippen molar-refractivity contribution in [2.24, 2.45) is 0 Å². The molecule has 0 aliphatic heterocycles. The van der Waals surface area contributed by atoms with Crippen molar-refractivity contribution < 1.29 is 17.7 Å². The van der Waals surface area contributed by atoms with Gasteiger partial charge in [-0.05, 0) is 35.9 Å². The molecule has 0 bridgehead atoms. The van der Waals surface area contributed by atoms with E-state index in [0.717, 1.165) is 6.20 Å². The van der Waals surface area contributed by atoms with E-state index in [1.54, 1.807) is 19.1 Å². The average Bonchev–Trinajstić information content (AvgIpc) is 2.69. The first-order valence-electron chi connectivity index (χ1n) is 8.77. The molecule has 1 unspecified atom stereocenters. The SMILES string of the molecule is CCS(=N)(=O)Cc1ccnc(Nc2cc(-c3ccc(F)cc3OC)c(F)cn2)c1. The summed E-state index contributed by atoms with van der Waals surface area (Å²) in [7, 11) is -1.31. The monoisotopic (exact) mass is 418 g/mol. The maximum Gasteiger partial charge on any atom is 0.149 e. The van der Waals surface area contributed by atoms with Gasteiger partial charge in [0.1, 0.15) is 29.0 Å². The molecule has 0 aliphatic carbocycles. The highest BCUT2D eigenvalue weighted by atomic mass is 32.2. The van der Waals surface area contributed by atoms with E-state index in [9.17, 15) is 13.0 Å². The standard InChI is InChI=1S/C20H20F2N4O2S/c1-3-29(23,27)12-13-6-7-24-19(8-13)26-20-10-16(17(22)11-25-20)15-5-4-14(21)9-18(15)28-2/h4-11,23H,3,12H2,1-2H3,(H,24,25,26). The van der Waals surface area contributed by atoms with Crippen LogP contribution in [-0.4, -0.2) is 27.0 Å². The van der Waals surface area contributed by atoms with Gasteiger partial charge in [-0.3, -0.25) is 4.78 Å². The van der Waals surface area contributed by atoms with E-state index in [1.165, 1.54) is 37.6 Å². The topological polar surface area (TPSA) is 88.0 Å². The van der Waals surface area contributed by atoms with Gasteiger partial charge in [0.15, 0.2) is 0 Å². The van der Waals surface area contributed by atoms with Gasteiger partial charge < -0.3 is 10.1 Å². The van der Waals surface area contributed by atoms with E-state index < -0.39 is 21.4 Å². The van der Waals surface area contributed by atoms with Crippen molar-refractivity contribution in [2.75, 3.05) is 18.2 Å². The molecule has 1 atom stereocenters. The number of hydrogen-bond donors (Lipinski definition) is 2. The maximum atomic E-state index is 14.4. The summed E-state index contributed by atoms with van der Waals surface area (Å²) in [6, 6.07) is 8.68. The van der Waals surface area contributed by atoms with Crippen molar-refractivity contribution in [1.29, 1.82) is 4.78 Å². The zero-order valence-corrected chi connectivity index (χ0v) is 16.7. The number of rotatable bonds is 7. The Bertz CT molecular complexity index is 1140. The van der Waals surface area contributed by atoms with Crippen LogP contribution in [0.3, 0.4) is 0 Å². The summed E-state index contributed by atoms with van der Waals surface area (Å²) in [6.45, 7) is 1.71. The number of pyridine rings is 2. The minimum absolute atomic E-state index is 0.121. The van der Waals surface area contributed by atoms with E-state index in [0.29, 0.717) is 22.8 Å². The molecule has 2 aromatic heterocycles. The van der Waals surface area contributed by atoms with Crippen LogP contribution in [0.25, 0.3) is 11.1 Å². The fourth-order valence-electron chi connectivity index (χ4n) is 2.74. The lowest BCUT2D eigenvalue weighted by atomic mass is 10.0. The Morgan fingerprint density at radius 3 is 2.59 bits per heavy atom. The van der Waals surface area contributed by atoms with Gasteiger partial charge in [-0.1, -0.05) is 6.92 Å². The Morgan fingerprint density at radius 1 is 1.10 bits per heavy atom. The lowest BCUT2D eigenvalue weighted by molar-refractivity contribution is 0.412. The zero-order valence-electron chi connectivity index (χ0n) is 15.9. The molecular formula is C20H20F2N4O2S. The van der Waals surface area contributed by atoms with Crippen molar-refractivity contribution in [1.82, 2.24) is 9.97 Å². The van der Waals surface area contributed by atoms with E-state index in [-0.39, 0.29) is 22.8 Å². The first kappa shape index (κ1) is 20.7. The minimum Gasteiger partial charge on any atom is -0.496 e. The van der Waals surface area contributed by atoms with Gasteiger partial charge in [-0.15, -0.1) is 0 Å². The maximum absolute atomic E-state index is 14.4. The minimum atomic E-state index is -2.69. The largest absolute Gasteiger partial charge is 0.496 e. The second-order valence-electron chi connectivity index (χ2n) is 6.31. The lowest BCUT2D eigenvalue weighted by Crippen LogP contribution is -2.05. The number of hydrogen-bond acceptors (Lipinski definition) is 6. The van der Waals surface area contributed by atoms with Crippen molar-refractivity contribution in [2.45, 2.75) is 12.7 Å². The number of ether oxygens (including phenoxy) is 1. The van der Waals surface area contributed by atoms with E-state index in [4.69, 9.17) is 9.52 Å². The van der Waals surface area contributed by atoms with Crippen LogP contribution in [0.15, 0.2) is 48.8 Å². The molecular weight excluding hydrogens is 398 g/mol. The number of methoxy groups -OCH3 is 1. The molecule has 0 radical (unpaired) electrons. The van der Waals surface area contributed by atoms with Crippen molar-refractivity contribution in [3.05, 3.63) is 66.0 Å². The molecule has 2 N–H and O–H groups in total. The van der Waals surface area contributed by atoms with Crippen LogP contribution in [0, 0.1) is 16.4 Å². The molecule has 2 heterocycles. The second kappa shape index (κ2) is 8.52. The average molecular weight is 418 g/mol. The Balaban J connectivity index is 1.92. The molecule has 0 saturated carbocycles. The van der Waals surface area contributed by atoms with Gasteiger partial charge >= 0.3 is 0 Å². The third kappa shape index (κ3) is 5.05. The van der Waals surface area contributed by atoms with Gasteiger partial charge in [-0.25, -0.2) is 23.0 Å². The van der Waals surface area contributed by atoms with Crippen LogP contribution < -0.4 is 10.1 Å². The molecule has 152 valence electrons. The lowest BCUT2D eigenvalue weighted by Gasteiger charge is -2.12. The van der Waals surface area contributed by atoms with Crippen molar-refractivity contribution >= 4 is 21.4 Å². The Labute approximate surface area is 168 Å². The summed E-state index contributed by atoms with van der Waals surface area (Å²) in [5.41, 5.74) is 1.28. The third-order valence-electron chi connectivity index (χ3n) is 4.26. The number of aromatic nitrogens is 2. The predicted molar refractivity (Wildman–Crippen MR) is 109 cm³/mol. The van der Waals surface area contributed by atoms with Gasteiger partial charge in [0, 0.05) is 38.9 Å². The van der Waals surface area contributed by atoms with Gasteiger partial charge in [0.25, 0.3) is 0 Å². The first-order valence-corrected chi connectivity index (χ1v) is 10.7. The van der Waals surface area contributed by atoms with Gasteiger partial charge in [0.2, 0.25) is 0 Å². The molecule has 3 rings (SSSR count). The van der Waals surface area contributed by atoms with Crippen molar-refractivity contribution in [3.8, 4) is 16.9 Å². The number of benzene rings is 1. The predicted octanol–water partition coefficient (Wildman–Crippen LogP) is 4.74. The molecule has 6 nitrogen and oxygen atoms in total. The summed E-state index contributed by atoms with van der Waals surface area (Å²) in [4.78, 5) is 8.21. The number of nitrogens with zero attached hydrogens (tertiary/aromatic N) is 2. The second-order valence-corrected chi connectivity index (χ2v) is 8.80. The van der Waals surface area contributed by atoms with Gasteiger partial charge in [-0.2, -0.15) is 0 Å². The summed E-state index contributed by atoms with van der Waals surface area (Å²) < 4.78 is 52.9. The Kier molecular flexibility index (Phi) is 6.07. The first-order chi connectivity index (χ1) is 13.8. The fourth-order valence-corrected chi connectivity index (χ4v) is 3.66. The molecule has 0 amide bonds. The van der Waals surface area contributed by atoms with Crippen LogP contribution in [0.5, 0.6) is 5.75 Å². The summed E-state index contributed by atoms with van der Waals surface area (Å²) in [6.07, 6.45) is 2.59. The fraction of sp³-hybridized carbons (Fsp3) is 0.200. The molecule has 0 spiro atoms. The van der Waals surface area contributed by atoms with Crippen LogP contribution in [0.1, 0.15) is 12.5 Å². The molecule has 3 aromatic rings. The summed E-state index contributed by atoms with van der Waals surface area (Å²) in [5, 5.41) is 2.98. The Hall–Kier alpha value is -3.07. The van der Waals surface area contributed by atoms with E-state index in [1.807, 2.05) is 0 Å². The highest BCUT2D eigenvalue weighted by Crippen LogP contribution is 2.33. The molecule has 9 heteroatoms. The quantitative estimate of drug-likeness (QED) is 0.579. The number of halogens is 2. The molecule has 0 saturated heterocycles. The Morgan fingerprint density at radius 2 is 1.86 bits per heavy atom. The summed E-state index contributed by atoms with van der Waals surface area (Å²) >= 11 is 0. The van der Waals surface area contributed by atoms with Crippen LogP contribution >= 0.6 is 0 Å². The number of nitrogens with one attached hydrogen (secondary N) is 2. The summed E-state index contributed by atoms with van der Waals surface area (Å²) in [5.74, 6) is 0.252. The van der Waals surface area contributed by atoms with Crippen LogP contribution in [0.4, 0.5) is 20.4 Å². The zero-order chi connectivity index (χ0) is 21.0. The number of anilines is 2. The smallest absolute Gasteiger partial charge is 0.149 e. The van der Waals surface area contributed by atoms with Gasteiger partial charge in [0.05, 0.1) is 19.1 Å². The third-order valence-corrected chi connectivity index (χ3v) is 5.99. The molecule has 0 fully saturated rings. The molecule has 29 heavy (non-hydrogen) atoms. The highest BCUT2D eigenvalue weighted by molar-refractivity contribution is 7.91.